The summed E-state index contributed by atoms with van der Waals surface area (Å²) >= 11 is 8.08. The third-order valence-corrected chi connectivity index (χ3v) is 5.55. The number of nitrogens with zero attached hydrogens (tertiary/aromatic N) is 1. The maximum Gasteiger partial charge on any atom is 0.331 e. The number of esters is 1. The van der Waals surface area contributed by atoms with Gasteiger partial charge in [-0.3, -0.25) is 4.99 Å². The predicted molar refractivity (Wildman–Crippen MR) is 95.3 cm³/mol. The van der Waals surface area contributed by atoms with Crippen LogP contribution >= 0.6 is 23.4 Å². The van der Waals surface area contributed by atoms with Crippen LogP contribution in [0.4, 0.5) is 0 Å². The molecule has 1 fully saturated rings. The van der Waals surface area contributed by atoms with Crippen molar-refractivity contribution in [1.82, 2.24) is 0 Å². The van der Waals surface area contributed by atoms with Crippen LogP contribution in [0.25, 0.3) is 0 Å². The van der Waals surface area contributed by atoms with Crippen molar-refractivity contribution in [3.8, 4) is 0 Å². The molecule has 0 radical (unpaired) electrons. The molecule has 0 amide bonds. The zero-order chi connectivity index (χ0) is 16.4. The monoisotopic (exact) mass is 352 g/mol. The van der Waals surface area contributed by atoms with Gasteiger partial charge in [0.15, 0.2) is 0 Å². The van der Waals surface area contributed by atoms with Crippen molar-refractivity contribution in [3.05, 3.63) is 34.9 Å². The summed E-state index contributed by atoms with van der Waals surface area (Å²) in [5.41, 5.74) is 7.66. The molecule has 0 bridgehead atoms. The Labute approximate surface area is 145 Å². The highest BCUT2D eigenvalue weighted by Crippen LogP contribution is 2.39. The van der Waals surface area contributed by atoms with Gasteiger partial charge >= 0.3 is 5.97 Å². The van der Waals surface area contributed by atoms with Crippen LogP contribution in [-0.4, -0.2) is 35.8 Å². The number of halogens is 1. The molecule has 3 atom stereocenters. The SMILES string of the molecule is CSCCC1N=C2[C@@H](CCC[C@@]2(N)c2ccccc2Cl)OC1=O. The zero-order valence-corrected chi connectivity index (χ0v) is 14.7. The molecule has 0 saturated heterocycles. The molecule has 1 saturated carbocycles. The van der Waals surface area contributed by atoms with Crippen LogP contribution in [0.2, 0.25) is 5.02 Å². The topological polar surface area (TPSA) is 64.7 Å². The first-order valence-corrected chi connectivity index (χ1v) is 9.65. The van der Waals surface area contributed by atoms with Crippen molar-refractivity contribution in [2.24, 2.45) is 10.7 Å². The van der Waals surface area contributed by atoms with Gasteiger partial charge in [0, 0.05) is 5.02 Å². The Kier molecular flexibility index (Phi) is 4.99. The molecule has 1 unspecified atom stereocenters. The Morgan fingerprint density at radius 2 is 2.26 bits per heavy atom. The second kappa shape index (κ2) is 6.83. The number of rotatable bonds is 4. The van der Waals surface area contributed by atoms with E-state index in [1.807, 2.05) is 30.5 Å². The van der Waals surface area contributed by atoms with Gasteiger partial charge in [-0.1, -0.05) is 29.8 Å². The lowest BCUT2D eigenvalue weighted by Gasteiger charge is -2.42. The third-order valence-electron chi connectivity index (χ3n) is 4.57. The van der Waals surface area contributed by atoms with E-state index in [1.165, 1.54) is 0 Å². The van der Waals surface area contributed by atoms with Crippen LogP contribution in [0.15, 0.2) is 29.3 Å². The highest BCUT2D eigenvalue weighted by atomic mass is 35.5. The van der Waals surface area contributed by atoms with Crippen LogP contribution < -0.4 is 5.73 Å². The van der Waals surface area contributed by atoms with Gasteiger partial charge in [0.1, 0.15) is 12.1 Å². The fourth-order valence-electron chi connectivity index (χ4n) is 3.38. The summed E-state index contributed by atoms with van der Waals surface area (Å²) < 4.78 is 5.65. The predicted octanol–water partition coefficient (Wildman–Crippen LogP) is 3.17. The van der Waals surface area contributed by atoms with Crippen molar-refractivity contribution < 1.29 is 9.53 Å². The van der Waals surface area contributed by atoms with Crippen LogP contribution in [-0.2, 0) is 15.1 Å². The largest absolute Gasteiger partial charge is 0.455 e. The molecule has 0 spiro atoms. The van der Waals surface area contributed by atoms with Gasteiger partial charge in [0.2, 0.25) is 0 Å². The number of nitrogens with two attached hydrogens (primary N) is 1. The highest BCUT2D eigenvalue weighted by molar-refractivity contribution is 7.98. The third kappa shape index (κ3) is 3.14. The quantitative estimate of drug-likeness (QED) is 0.845. The number of carbonyl (C=O) groups is 1. The molecular weight excluding hydrogens is 332 g/mol. The lowest BCUT2D eigenvalue weighted by atomic mass is 9.73. The number of fused-ring (bicyclic) bond motifs is 1. The fraction of sp³-hybridized carbons (Fsp3) is 0.529. The van der Waals surface area contributed by atoms with E-state index in [4.69, 9.17) is 27.1 Å². The summed E-state index contributed by atoms with van der Waals surface area (Å²) in [4.78, 5) is 16.9. The minimum Gasteiger partial charge on any atom is -0.455 e. The summed E-state index contributed by atoms with van der Waals surface area (Å²) in [7, 11) is 0. The van der Waals surface area contributed by atoms with Crippen molar-refractivity contribution in [3.63, 3.8) is 0 Å². The second-order valence-corrected chi connectivity index (χ2v) is 7.47. The minimum atomic E-state index is -0.750. The molecular formula is C17H21ClN2O2S. The molecule has 6 heteroatoms. The van der Waals surface area contributed by atoms with E-state index in [0.717, 1.165) is 36.3 Å². The first-order chi connectivity index (χ1) is 11.1. The molecule has 0 aromatic heterocycles. The number of carbonyl (C=O) groups excluding carboxylic acids is 1. The summed E-state index contributed by atoms with van der Waals surface area (Å²) in [6.45, 7) is 0. The Balaban J connectivity index is 2.01. The van der Waals surface area contributed by atoms with E-state index in [9.17, 15) is 4.79 Å². The summed E-state index contributed by atoms with van der Waals surface area (Å²) in [6, 6.07) is 7.16. The second-order valence-electron chi connectivity index (χ2n) is 6.08. The number of ether oxygens (including phenoxy) is 1. The Morgan fingerprint density at radius 1 is 1.48 bits per heavy atom. The molecule has 3 rings (SSSR count). The number of benzene rings is 1. The zero-order valence-electron chi connectivity index (χ0n) is 13.1. The summed E-state index contributed by atoms with van der Waals surface area (Å²) in [5, 5.41) is 0.635. The van der Waals surface area contributed by atoms with E-state index >= 15 is 0 Å². The number of hydrogen-bond acceptors (Lipinski definition) is 5. The maximum absolute atomic E-state index is 12.2. The molecule has 4 nitrogen and oxygen atoms in total. The van der Waals surface area contributed by atoms with Gasteiger partial charge in [-0.15, -0.1) is 0 Å². The summed E-state index contributed by atoms with van der Waals surface area (Å²) in [6.07, 6.45) is 4.80. The van der Waals surface area contributed by atoms with E-state index in [-0.39, 0.29) is 12.1 Å². The van der Waals surface area contributed by atoms with Crippen molar-refractivity contribution in [1.29, 1.82) is 0 Å². The lowest BCUT2D eigenvalue weighted by Crippen LogP contribution is -2.57. The molecule has 124 valence electrons. The molecule has 1 aliphatic carbocycles. The molecule has 1 aliphatic heterocycles. The molecule has 2 aliphatic rings. The summed E-state index contributed by atoms with van der Waals surface area (Å²) in [5.74, 6) is 0.640. The minimum absolute atomic E-state index is 0.226. The van der Waals surface area contributed by atoms with Crippen molar-refractivity contribution in [2.45, 2.75) is 43.4 Å². The van der Waals surface area contributed by atoms with Crippen molar-refractivity contribution in [2.75, 3.05) is 12.0 Å². The normalized spacial score (nSPS) is 30.4. The average molecular weight is 353 g/mol. The average Bonchev–Trinajstić information content (AvgIpc) is 2.54. The number of hydrogen-bond donors (Lipinski definition) is 1. The van der Waals surface area contributed by atoms with Gasteiger partial charge < -0.3 is 10.5 Å². The maximum atomic E-state index is 12.2. The van der Waals surface area contributed by atoms with Gasteiger partial charge in [0.05, 0.1) is 11.3 Å². The van der Waals surface area contributed by atoms with Crippen LogP contribution in [0.3, 0.4) is 0 Å². The number of aliphatic imine (C=N–C) groups is 1. The van der Waals surface area contributed by atoms with E-state index in [1.54, 1.807) is 11.8 Å². The van der Waals surface area contributed by atoms with E-state index in [2.05, 4.69) is 0 Å². The first kappa shape index (κ1) is 16.8. The molecule has 2 N–H and O–H groups in total. The standard InChI is InChI=1S/C17H21ClN2O2S/c1-23-10-8-13-16(21)22-14-7-4-9-17(19,15(14)20-13)11-5-2-3-6-12(11)18/h2-3,5-6,13-14H,4,7-10,19H2,1H3/t13?,14-,17-/m1/s1. The fourth-order valence-corrected chi connectivity index (χ4v) is 4.14. The van der Waals surface area contributed by atoms with Gasteiger partial charge in [-0.25, -0.2) is 4.79 Å². The smallest absolute Gasteiger partial charge is 0.331 e. The Morgan fingerprint density at radius 3 is 3.00 bits per heavy atom. The van der Waals surface area contributed by atoms with Gasteiger partial charge in [0.25, 0.3) is 0 Å². The van der Waals surface area contributed by atoms with E-state index in [0.29, 0.717) is 11.4 Å². The lowest BCUT2D eigenvalue weighted by molar-refractivity contribution is -0.149. The Bertz CT molecular complexity index is 637. The highest BCUT2D eigenvalue weighted by Gasteiger charge is 2.46. The molecule has 1 aromatic carbocycles. The van der Waals surface area contributed by atoms with Crippen LogP contribution in [0.5, 0.6) is 0 Å². The molecule has 1 heterocycles. The Hall–Kier alpha value is -1.04. The van der Waals surface area contributed by atoms with Crippen LogP contribution in [0.1, 0.15) is 31.2 Å². The van der Waals surface area contributed by atoms with Gasteiger partial charge in [-0.2, -0.15) is 11.8 Å². The molecule has 1 aromatic rings. The van der Waals surface area contributed by atoms with Crippen molar-refractivity contribution >= 4 is 35.0 Å². The van der Waals surface area contributed by atoms with E-state index < -0.39 is 11.6 Å². The van der Waals surface area contributed by atoms with Gasteiger partial charge in [-0.05, 0) is 49.3 Å². The van der Waals surface area contributed by atoms with Crippen LogP contribution in [0, 0.1) is 0 Å². The number of thioether (sulfide) groups is 1. The first-order valence-electron chi connectivity index (χ1n) is 7.88. The molecule has 23 heavy (non-hydrogen) atoms.